The highest BCUT2D eigenvalue weighted by Crippen LogP contribution is 2.17. The topological polar surface area (TPSA) is 78.9 Å². The average Bonchev–Trinajstić information content (AvgIpc) is 3.45. The molecule has 0 bridgehead atoms. The van der Waals surface area contributed by atoms with Crippen LogP contribution in [0, 0.1) is 0 Å². The first-order chi connectivity index (χ1) is 39.0. The van der Waals surface area contributed by atoms with E-state index in [-0.39, 0.29) is 31.1 Å². The molecule has 0 heterocycles. The zero-order valence-corrected chi connectivity index (χ0v) is 52.6. The first-order valence-electron chi connectivity index (χ1n) is 34.4. The molecule has 0 amide bonds. The second kappa shape index (κ2) is 67.4. The van der Waals surface area contributed by atoms with Crippen LogP contribution in [-0.4, -0.2) is 37.2 Å². The summed E-state index contributed by atoms with van der Waals surface area (Å²) in [5.41, 5.74) is 0. The molecular formula is C73H130O6. The van der Waals surface area contributed by atoms with E-state index in [9.17, 15) is 14.4 Å². The van der Waals surface area contributed by atoms with Gasteiger partial charge in [-0.1, -0.05) is 318 Å². The van der Waals surface area contributed by atoms with Crippen LogP contribution in [0.1, 0.15) is 355 Å². The lowest BCUT2D eigenvalue weighted by Gasteiger charge is -2.18. The maximum Gasteiger partial charge on any atom is 0.306 e. The Bertz CT molecular complexity index is 1450. The van der Waals surface area contributed by atoms with Crippen molar-refractivity contribution in [1.82, 2.24) is 0 Å². The Labute approximate surface area is 491 Å². The Kier molecular flexibility index (Phi) is 64.7. The molecule has 1 unspecified atom stereocenters. The van der Waals surface area contributed by atoms with E-state index < -0.39 is 6.10 Å². The highest BCUT2D eigenvalue weighted by molar-refractivity contribution is 5.71. The number of rotatable bonds is 63. The highest BCUT2D eigenvalue weighted by Gasteiger charge is 2.19. The Morgan fingerprint density at radius 3 is 0.785 bits per heavy atom. The number of unbranched alkanes of at least 4 members (excludes halogenated alkanes) is 40. The fraction of sp³-hybridized carbons (Fsp3) is 0.795. The molecule has 6 nitrogen and oxygen atoms in total. The number of hydrogen-bond donors (Lipinski definition) is 0. The molecule has 0 aromatic heterocycles. The van der Waals surface area contributed by atoms with Gasteiger partial charge >= 0.3 is 17.9 Å². The van der Waals surface area contributed by atoms with Gasteiger partial charge in [-0.25, -0.2) is 0 Å². The van der Waals surface area contributed by atoms with Gasteiger partial charge in [0, 0.05) is 19.3 Å². The van der Waals surface area contributed by atoms with Crippen LogP contribution in [0.4, 0.5) is 0 Å². The zero-order valence-electron chi connectivity index (χ0n) is 52.6. The van der Waals surface area contributed by atoms with Crippen molar-refractivity contribution in [2.45, 2.75) is 361 Å². The molecular weight excluding hydrogens is 973 g/mol. The van der Waals surface area contributed by atoms with Crippen LogP contribution in [-0.2, 0) is 28.6 Å². The molecule has 0 fully saturated rings. The summed E-state index contributed by atoms with van der Waals surface area (Å²) < 4.78 is 16.9. The van der Waals surface area contributed by atoms with Crippen LogP contribution in [0.25, 0.3) is 0 Å². The third-order valence-corrected chi connectivity index (χ3v) is 15.2. The summed E-state index contributed by atoms with van der Waals surface area (Å²) in [5.74, 6) is -0.853. The SMILES string of the molecule is CC/C=C\C/C=C\C/C=C\C/C=C\C/C=C\CCCCCCCCCCCCCCCCCC(=O)OCC(COC(=O)CCCCCCCCCCCCC)OC(=O)CCCCCCCCCCC/C=C\CCCCCCCC. The summed E-state index contributed by atoms with van der Waals surface area (Å²) in [7, 11) is 0. The number of allylic oxidation sites excluding steroid dienone is 12. The number of esters is 3. The average molecular weight is 1100 g/mol. The molecule has 0 saturated carbocycles. The summed E-state index contributed by atoms with van der Waals surface area (Å²) >= 11 is 0. The van der Waals surface area contributed by atoms with Gasteiger partial charge in [-0.2, -0.15) is 0 Å². The molecule has 0 aliphatic carbocycles. The predicted octanol–water partition coefficient (Wildman–Crippen LogP) is 23.7. The normalized spacial score (nSPS) is 12.5. The molecule has 0 saturated heterocycles. The molecule has 0 aromatic rings. The van der Waals surface area contributed by atoms with E-state index in [2.05, 4.69) is 93.7 Å². The smallest absolute Gasteiger partial charge is 0.306 e. The van der Waals surface area contributed by atoms with Crippen molar-refractivity contribution in [3.8, 4) is 0 Å². The van der Waals surface area contributed by atoms with Crippen LogP contribution in [0.2, 0.25) is 0 Å². The quantitative estimate of drug-likeness (QED) is 0.0261. The van der Waals surface area contributed by atoms with E-state index in [1.54, 1.807) is 0 Å². The van der Waals surface area contributed by atoms with Crippen molar-refractivity contribution in [3.05, 3.63) is 72.9 Å². The fourth-order valence-corrected chi connectivity index (χ4v) is 10.1. The van der Waals surface area contributed by atoms with Gasteiger partial charge in [0.25, 0.3) is 0 Å². The zero-order chi connectivity index (χ0) is 57.1. The van der Waals surface area contributed by atoms with Crippen LogP contribution < -0.4 is 0 Å². The third-order valence-electron chi connectivity index (χ3n) is 15.2. The van der Waals surface area contributed by atoms with Crippen molar-refractivity contribution in [2.75, 3.05) is 13.2 Å². The largest absolute Gasteiger partial charge is 0.462 e. The molecule has 1 atom stereocenters. The Morgan fingerprint density at radius 1 is 0.266 bits per heavy atom. The fourth-order valence-electron chi connectivity index (χ4n) is 10.1. The van der Waals surface area contributed by atoms with Crippen molar-refractivity contribution < 1.29 is 28.6 Å². The molecule has 79 heavy (non-hydrogen) atoms. The van der Waals surface area contributed by atoms with Crippen molar-refractivity contribution >= 4 is 17.9 Å². The van der Waals surface area contributed by atoms with E-state index in [4.69, 9.17) is 14.2 Å². The van der Waals surface area contributed by atoms with Gasteiger partial charge in [0.15, 0.2) is 6.10 Å². The molecule has 0 aromatic carbocycles. The molecule has 0 aliphatic rings. The molecule has 0 radical (unpaired) electrons. The maximum atomic E-state index is 12.9. The van der Waals surface area contributed by atoms with E-state index in [1.807, 2.05) is 0 Å². The van der Waals surface area contributed by atoms with Gasteiger partial charge in [0.05, 0.1) is 0 Å². The number of carbonyl (C=O) groups excluding carboxylic acids is 3. The lowest BCUT2D eigenvalue weighted by atomic mass is 10.0. The minimum Gasteiger partial charge on any atom is -0.462 e. The molecule has 0 rings (SSSR count). The Balaban J connectivity index is 4.16. The first-order valence-corrected chi connectivity index (χ1v) is 34.4. The Hall–Kier alpha value is -3.15. The Morgan fingerprint density at radius 2 is 0.494 bits per heavy atom. The van der Waals surface area contributed by atoms with E-state index in [1.165, 1.54) is 225 Å². The lowest BCUT2D eigenvalue weighted by molar-refractivity contribution is -0.167. The van der Waals surface area contributed by atoms with Gasteiger partial charge in [-0.05, 0) is 89.9 Å². The van der Waals surface area contributed by atoms with E-state index in [0.717, 1.165) is 89.9 Å². The minimum atomic E-state index is -0.773. The maximum absolute atomic E-state index is 12.9. The highest BCUT2D eigenvalue weighted by atomic mass is 16.6. The summed E-state index contributed by atoms with van der Waals surface area (Å²) in [4.78, 5) is 38.3. The van der Waals surface area contributed by atoms with Crippen LogP contribution in [0.5, 0.6) is 0 Å². The van der Waals surface area contributed by atoms with Gasteiger partial charge in [-0.15, -0.1) is 0 Å². The molecule has 6 heteroatoms. The minimum absolute atomic E-state index is 0.0706. The van der Waals surface area contributed by atoms with Gasteiger partial charge in [0.1, 0.15) is 13.2 Å². The van der Waals surface area contributed by atoms with Gasteiger partial charge < -0.3 is 14.2 Å². The van der Waals surface area contributed by atoms with Crippen LogP contribution in [0.15, 0.2) is 72.9 Å². The monoisotopic (exact) mass is 1100 g/mol. The van der Waals surface area contributed by atoms with Crippen molar-refractivity contribution in [1.29, 1.82) is 0 Å². The second-order valence-electron chi connectivity index (χ2n) is 23.1. The first kappa shape index (κ1) is 75.8. The van der Waals surface area contributed by atoms with Crippen LogP contribution >= 0.6 is 0 Å². The standard InChI is InChI=1S/C73H130O6/c1-4-7-10-13-16-19-22-24-26-28-30-31-32-33-34-35-36-37-38-39-40-41-43-44-46-48-51-54-57-60-63-66-72(75)78-69-70(68-77-71(74)65-62-59-56-53-50-21-18-15-12-9-6-3)79-73(76)67-64-61-58-55-52-49-47-45-42-29-27-25-23-20-17-14-11-8-5-2/h7,10,16,19,24-27,30-31,33-34,70H,4-6,8-9,11-15,17-18,20-23,28-29,32,35-69H2,1-3H3/b10-7-,19-16-,26-24-,27-25-,31-30-,34-33-. The molecule has 458 valence electrons. The van der Waals surface area contributed by atoms with Crippen LogP contribution in [0.3, 0.4) is 0 Å². The van der Waals surface area contributed by atoms with Gasteiger partial charge in [0.2, 0.25) is 0 Å². The van der Waals surface area contributed by atoms with Crippen molar-refractivity contribution in [3.63, 3.8) is 0 Å². The number of ether oxygens (including phenoxy) is 3. The molecule has 0 N–H and O–H groups in total. The summed E-state index contributed by atoms with van der Waals surface area (Å²) in [6, 6.07) is 0. The van der Waals surface area contributed by atoms with Gasteiger partial charge in [-0.3, -0.25) is 14.4 Å². The second-order valence-corrected chi connectivity index (χ2v) is 23.1. The summed E-state index contributed by atoms with van der Waals surface area (Å²) in [5, 5.41) is 0. The van der Waals surface area contributed by atoms with Crippen molar-refractivity contribution in [2.24, 2.45) is 0 Å². The number of hydrogen-bond acceptors (Lipinski definition) is 6. The lowest BCUT2D eigenvalue weighted by Crippen LogP contribution is -2.30. The predicted molar refractivity (Wildman–Crippen MR) is 344 cm³/mol. The molecule has 0 aliphatic heterocycles. The van der Waals surface area contributed by atoms with E-state index >= 15 is 0 Å². The summed E-state index contributed by atoms with van der Waals surface area (Å²) in [6.45, 7) is 6.56. The third kappa shape index (κ3) is 65.5. The molecule has 0 spiro atoms. The van der Waals surface area contributed by atoms with E-state index in [0.29, 0.717) is 19.3 Å². The number of carbonyl (C=O) groups is 3. The summed E-state index contributed by atoms with van der Waals surface area (Å²) in [6.07, 6.45) is 87.9.